The molecule has 5 heteroatoms. The minimum atomic E-state index is -4.44. The van der Waals surface area contributed by atoms with Crippen LogP contribution in [0.5, 0.6) is 5.75 Å². The first-order valence-electron chi connectivity index (χ1n) is 4.60. The maximum atomic E-state index is 12.6. The van der Waals surface area contributed by atoms with Crippen LogP contribution in [0.4, 0.5) is 13.2 Å². The summed E-state index contributed by atoms with van der Waals surface area (Å²) in [6.07, 6.45) is -3.93. The third-order valence-corrected chi connectivity index (χ3v) is 2.09. The molecular weight excluding hydrogens is 219 g/mol. The van der Waals surface area contributed by atoms with Crippen LogP contribution >= 0.6 is 0 Å². The average molecular weight is 229 g/mol. The normalized spacial score (nSPS) is 10.9. The van der Waals surface area contributed by atoms with Crippen LogP contribution in [0.1, 0.15) is 17.5 Å². The van der Waals surface area contributed by atoms with E-state index in [1.165, 1.54) is 19.2 Å². The van der Waals surface area contributed by atoms with Gasteiger partial charge in [0, 0.05) is 6.42 Å². The Morgan fingerprint density at radius 2 is 2.06 bits per heavy atom. The van der Waals surface area contributed by atoms with Gasteiger partial charge in [-0.3, -0.25) is 0 Å². The van der Waals surface area contributed by atoms with Gasteiger partial charge in [-0.15, -0.1) is 0 Å². The number of hydrogen-bond acceptors (Lipinski definition) is 2. The van der Waals surface area contributed by atoms with Gasteiger partial charge in [-0.25, -0.2) is 0 Å². The average Bonchev–Trinajstić information content (AvgIpc) is 2.24. The summed E-state index contributed by atoms with van der Waals surface area (Å²) in [5.74, 6) is -0.201. The first-order chi connectivity index (χ1) is 7.49. The van der Waals surface area contributed by atoms with Gasteiger partial charge in [-0.1, -0.05) is 6.07 Å². The topological polar surface area (TPSA) is 33.0 Å². The summed E-state index contributed by atoms with van der Waals surface area (Å²) in [5.41, 5.74) is -0.319. The second-order valence-corrected chi connectivity index (χ2v) is 3.19. The van der Waals surface area contributed by atoms with Crippen molar-refractivity contribution >= 4 is 0 Å². The highest BCUT2D eigenvalue weighted by Crippen LogP contribution is 2.36. The highest BCUT2D eigenvalue weighted by Gasteiger charge is 2.34. The zero-order valence-corrected chi connectivity index (χ0v) is 8.64. The SMILES string of the molecule is COc1ccc(CCC#N)cc1C(F)(F)F. The lowest BCUT2D eigenvalue weighted by Crippen LogP contribution is -2.08. The Labute approximate surface area is 91.3 Å². The molecule has 0 bridgehead atoms. The van der Waals surface area contributed by atoms with Gasteiger partial charge < -0.3 is 4.74 Å². The fourth-order valence-corrected chi connectivity index (χ4v) is 1.33. The van der Waals surface area contributed by atoms with Crippen molar-refractivity contribution in [2.45, 2.75) is 19.0 Å². The Morgan fingerprint density at radius 3 is 2.56 bits per heavy atom. The zero-order chi connectivity index (χ0) is 12.2. The molecule has 0 amide bonds. The maximum absolute atomic E-state index is 12.6. The monoisotopic (exact) mass is 229 g/mol. The van der Waals surface area contributed by atoms with E-state index in [4.69, 9.17) is 5.26 Å². The first-order valence-corrected chi connectivity index (χ1v) is 4.60. The van der Waals surface area contributed by atoms with Crippen molar-refractivity contribution in [1.29, 1.82) is 5.26 Å². The largest absolute Gasteiger partial charge is 0.496 e. The number of alkyl halides is 3. The van der Waals surface area contributed by atoms with E-state index in [1.54, 1.807) is 0 Å². The van der Waals surface area contributed by atoms with Gasteiger partial charge in [-0.05, 0) is 24.1 Å². The smallest absolute Gasteiger partial charge is 0.419 e. The molecule has 0 heterocycles. The second kappa shape index (κ2) is 4.88. The minimum Gasteiger partial charge on any atom is -0.496 e. The van der Waals surface area contributed by atoms with Crippen molar-refractivity contribution in [3.8, 4) is 11.8 Å². The summed E-state index contributed by atoms with van der Waals surface area (Å²) in [6, 6.07) is 5.72. The second-order valence-electron chi connectivity index (χ2n) is 3.19. The van der Waals surface area contributed by atoms with Crippen molar-refractivity contribution in [2.75, 3.05) is 7.11 Å². The van der Waals surface area contributed by atoms with Gasteiger partial charge in [0.2, 0.25) is 0 Å². The fourth-order valence-electron chi connectivity index (χ4n) is 1.33. The molecule has 0 aliphatic rings. The molecule has 0 aliphatic heterocycles. The van der Waals surface area contributed by atoms with Crippen molar-refractivity contribution in [3.05, 3.63) is 29.3 Å². The van der Waals surface area contributed by atoms with Crippen LogP contribution in [0, 0.1) is 11.3 Å². The van der Waals surface area contributed by atoms with E-state index in [9.17, 15) is 13.2 Å². The molecule has 0 spiro atoms. The number of nitriles is 1. The van der Waals surface area contributed by atoms with Crippen LogP contribution in [0.15, 0.2) is 18.2 Å². The van der Waals surface area contributed by atoms with Gasteiger partial charge in [0.25, 0.3) is 0 Å². The summed E-state index contributed by atoms with van der Waals surface area (Å²) >= 11 is 0. The molecule has 1 aromatic carbocycles. The van der Waals surface area contributed by atoms with Crippen molar-refractivity contribution < 1.29 is 17.9 Å². The summed E-state index contributed by atoms with van der Waals surface area (Å²) in [4.78, 5) is 0. The molecule has 0 saturated heterocycles. The van der Waals surface area contributed by atoms with Crippen LogP contribution in [0.3, 0.4) is 0 Å². The van der Waals surface area contributed by atoms with E-state index in [1.807, 2.05) is 6.07 Å². The molecule has 0 fully saturated rings. The molecule has 0 aliphatic carbocycles. The Kier molecular flexibility index (Phi) is 3.78. The number of halogens is 3. The van der Waals surface area contributed by atoms with Gasteiger partial charge in [0.15, 0.2) is 0 Å². The number of methoxy groups -OCH3 is 1. The molecule has 0 unspecified atom stereocenters. The number of hydrogen-bond donors (Lipinski definition) is 0. The van der Waals surface area contributed by atoms with E-state index in [-0.39, 0.29) is 12.2 Å². The Balaban J connectivity index is 3.08. The highest BCUT2D eigenvalue weighted by atomic mass is 19.4. The van der Waals surface area contributed by atoms with Gasteiger partial charge >= 0.3 is 6.18 Å². The molecule has 1 aromatic rings. The number of aryl methyl sites for hydroxylation is 1. The highest BCUT2D eigenvalue weighted by molar-refractivity contribution is 5.39. The molecule has 1 rings (SSSR count). The van der Waals surface area contributed by atoms with Gasteiger partial charge in [0.05, 0.1) is 18.7 Å². The molecular formula is C11H10F3NO. The van der Waals surface area contributed by atoms with Crippen LogP contribution in [0.25, 0.3) is 0 Å². The Hall–Kier alpha value is -1.70. The molecule has 0 aromatic heterocycles. The molecule has 86 valence electrons. The summed E-state index contributed by atoms with van der Waals surface area (Å²) < 4.78 is 42.4. The number of benzene rings is 1. The quantitative estimate of drug-likeness (QED) is 0.797. The number of ether oxygens (including phenoxy) is 1. The van der Waals surface area contributed by atoms with Gasteiger partial charge in [-0.2, -0.15) is 18.4 Å². The minimum absolute atomic E-state index is 0.198. The van der Waals surface area contributed by atoms with Crippen molar-refractivity contribution in [1.82, 2.24) is 0 Å². The molecule has 0 saturated carbocycles. The van der Waals surface area contributed by atoms with E-state index < -0.39 is 11.7 Å². The molecule has 16 heavy (non-hydrogen) atoms. The lowest BCUT2D eigenvalue weighted by molar-refractivity contribution is -0.138. The zero-order valence-electron chi connectivity index (χ0n) is 8.64. The maximum Gasteiger partial charge on any atom is 0.419 e. The van der Waals surface area contributed by atoms with E-state index >= 15 is 0 Å². The van der Waals surface area contributed by atoms with Crippen LogP contribution < -0.4 is 4.74 Å². The Morgan fingerprint density at radius 1 is 1.38 bits per heavy atom. The standard InChI is InChI=1S/C11H10F3NO/c1-16-10-5-4-8(3-2-6-15)7-9(10)11(12,13)14/h4-5,7H,2-3H2,1H3. The predicted octanol–water partition coefficient (Wildman–Crippen LogP) is 3.17. The fraction of sp³-hybridized carbons (Fsp3) is 0.364. The Bertz CT molecular complexity index is 407. The van der Waals surface area contributed by atoms with Crippen molar-refractivity contribution in [2.24, 2.45) is 0 Å². The lowest BCUT2D eigenvalue weighted by atomic mass is 10.1. The number of rotatable bonds is 3. The predicted molar refractivity (Wildman–Crippen MR) is 51.9 cm³/mol. The van der Waals surface area contributed by atoms with Crippen LogP contribution in [-0.4, -0.2) is 7.11 Å². The molecule has 0 atom stereocenters. The number of nitrogens with zero attached hydrogens (tertiary/aromatic N) is 1. The lowest BCUT2D eigenvalue weighted by Gasteiger charge is -2.12. The molecule has 2 nitrogen and oxygen atoms in total. The van der Waals surface area contributed by atoms with Crippen LogP contribution in [0.2, 0.25) is 0 Å². The van der Waals surface area contributed by atoms with E-state index in [2.05, 4.69) is 4.74 Å². The third kappa shape index (κ3) is 2.89. The van der Waals surface area contributed by atoms with E-state index in [0.717, 1.165) is 6.07 Å². The first kappa shape index (κ1) is 12.4. The molecule has 0 radical (unpaired) electrons. The molecule has 0 N–H and O–H groups in total. The summed E-state index contributed by atoms with van der Waals surface area (Å²) in [6.45, 7) is 0. The van der Waals surface area contributed by atoms with Crippen LogP contribution in [-0.2, 0) is 12.6 Å². The summed E-state index contributed by atoms with van der Waals surface area (Å²) in [5, 5.41) is 8.36. The van der Waals surface area contributed by atoms with Crippen molar-refractivity contribution in [3.63, 3.8) is 0 Å². The van der Waals surface area contributed by atoms with E-state index in [0.29, 0.717) is 12.0 Å². The third-order valence-electron chi connectivity index (χ3n) is 2.09. The summed E-state index contributed by atoms with van der Waals surface area (Å²) in [7, 11) is 1.19. The van der Waals surface area contributed by atoms with Gasteiger partial charge in [0.1, 0.15) is 5.75 Å².